The Morgan fingerprint density at radius 3 is 2.78 bits per heavy atom. The number of rotatable bonds is 6. The van der Waals surface area contributed by atoms with Gasteiger partial charge in [-0.3, -0.25) is 0 Å². The van der Waals surface area contributed by atoms with Crippen molar-refractivity contribution < 1.29 is 4.74 Å². The second kappa shape index (κ2) is 5.59. The fraction of sp³-hybridized carbons (Fsp3) is 0.417. The summed E-state index contributed by atoms with van der Waals surface area (Å²) in [5.41, 5.74) is 8.60. The molecule has 0 aliphatic heterocycles. The average molecular weight is 250 g/mol. The molecule has 1 aromatic carbocycles. The van der Waals surface area contributed by atoms with E-state index in [1.165, 1.54) is 0 Å². The fourth-order valence-corrected chi connectivity index (χ4v) is 1.79. The summed E-state index contributed by atoms with van der Waals surface area (Å²) in [6.07, 6.45) is 0.912. The van der Waals surface area contributed by atoms with Gasteiger partial charge in [-0.1, -0.05) is 0 Å². The number of nitrogens with two attached hydrogens (primary N) is 1. The zero-order valence-corrected chi connectivity index (χ0v) is 10.4. The Morgan fingerprint density at radius 1 is 1.33 bits per heavy atom. The van der Waals surface area contributed by atoms with Crippen molar-refractivity contribution in [3.63, 3.8) is 0 Å². The third-order valence-electron chi connectivity index (χ3n) is 2.67. The highest BCUT2D eigenvalue weighted by Crippen LogP contribution is 2.23. The molecule has 0 fully saturated rings. The molecule has 0 aliphatic carbocycles. The zero-order valence-electron chi connectivity index (χ0n) is 10.4. The van der Waals surface area contributed by atoms with E-state index < -0.39 is 0 Å². The van der Waals surface area contributed by atoms with Crippen LogP contribution < -0.4 is 16.7 Å². The first-order valence-electron chi connectivity index (χ1n) is 6.04. The minimum absolute atomic E-state index is 0.224. The van der Waals surface area contributed by atoms with Gasteiger partial charge in [-0.2, -0.15) is 0 Å². The van der Waals surface area contributed by atoms with Crippen LogP contribution in [0.25, 0.3) is 11.0 Å². The highest BCUT2D eigenvalue weighted by molar-refractivity contribution is 5.86. The summed E-state index contributed by atoms with van der Waals surface area (Å²) < 4.78 is 5.25. The molecule has 2 aromatic rings. The average Bonchev–Trinajstić information content (AvgIpc) is 2.68. The van der Waals surface area contributed by atoms with Crippen LogP contribution in [0, 0.1) is 0 Å². The first-order chi connectivity index (χ1) is 8.70. The Bertz CT molecular complexity index is 573. The van der Waals surface area contributed by atoms with Gasteiger partial charge in [0.25, 0.3) is 0 Å². The Morgan fingerprint density at radius 2 is 2.06 bits per heavy atom. The van der Waals surface area contributed by atoms with Crippen molar-refractivity contribution >= 4 is 22.4 Å². The van der Waals surface area contributed by atoms with Gasteiger partial charge < -0.3 is 25.8 Å². The highest BCUT2D eigenvalue weighted by Gasteiger charge is 2.04. The van der Waals surface area contributed by atoms with Crippen molar-refractivity contribution in [2.24, 2.45) is 0 Å². The Labute approximate surface area is 105 Å². The molecule has 0 bridgehead atoms. The molecule has 0 radical (unpaired) electrons. The minimum atomic E-state index is -0.224. The monoisotopic (exact) mass is 250 g/mol. The van der Waals surface area contributed by atoms with Gasteiger partial charge in [0.15, 0.2) is 0 Å². The van der Waals surface area contributed by atoms with Crippen LogP contribution in [-0.4, -0.2) is 29.7 Å². The smallest absolute Gasteiger partial charge is 0.323 e. The third-order valence-corrected chi connectivity index (χ3v) is 2.67. The number of aromatic nitrogens is 2. The molecule has 0 aliphatic rings. The molecule has 0 spiro atoms. The normalized spacial score (nSPS) is 10.9. The second-order valence-corrected chi connectivity index (χ2v) is 4.04. The molecular weight excluding hydrogens is 232 g/mol. The van der Waals surface area contributed by atoms with Crippen molar-refractivity contribution in [1.29, 1.82) is 0 Å². The van der Waals surface area contributed by atoms with Crippen molar-refractivity contribution in [1.82, 2.24) is 9.97 Å². The van der Waals surface area contributed by atoms with Crippen LogP contribution in [0.2, 0.25) is 0 Å². The molecule has 18 heavy (non-hydrogen) atoms. The van der Waals surface area contributed by atoms with E-state index in [0.29, 0.717) is 5.69 Å². The van der Waals surface area contributed by atoms with Gasteiger partial charge in [0.2, 0.25) is 0 Å². The predicted molar refractivity (Wildman–Crippen MR) is 72.9 cm³/mol. The van der Waals surface area contributed by atoms with Gasteiger partial charge in [-0.05, 0) is 25.5 Å². The van der Waals surface area contributed by atoms with E-state index in [9.17, 15) is 4.79 Å². The van der Waals surface area contributed by atoms with E-state index >= 15 is 0 Å². The number of nitrogens with one attached hydrogen (secondary N) is 3. The van der Waals surface area contributed by atoms with E-state index in [2.05, 4.69) is 15.3 Å². The summed E-state index contributed by atoms with van der Waals surface area (Å²) in [4.78, 5) is 16.5. The number of hydrogen-bond donors (Lipinski definition) is 4. The van der Waals surface area contributed by atoms with E-state index in [1.807, 2.05) is 13.0 Å². The molecule has 0 amide bonds. The molecule has 2 rings (SSSR count). The van der Waals surface area contributed by atoms with Crippen LogP contribution in [0.1, 0.15) is 13.3 Å². The number of ether oxygens (including phenoxy) is 1. The van der Waals surface area contributed by atoms with Crippen molar-refractivity contribution in [3.8, 4) is 0 Å². The van der Waals surface area contributed by atoms with Crippen LogP contribution >= 0.6 is 0 Å². The van der Waals surface area contributed by atoms with E-state index in [-0.39, 0.29) is 5.69 Å². The molecule has 0 unspecified atom stereocenters. The van der Waals surface area contributed by atoms with Crippen LogP contribution in [0.3, 0.4) is 0 Å². The number of benzene rings is 1. The van der Waals surface area contributed by atoms with E-state index in [4.69, 9.17) is 10.5 Å². The topological polar surface area (TPSA) is 95.9 Å². The molecule has 0 saturated carbocycles. The first-order valence-corrected chi connectivity index (χ1v) is 6.04. The molecule has 98 valence electrons. The second-order valence-electron chi connectivity index (χ2n) is 4.04. The fourth-order valence-electron chi connectivity index (χ4n) is 1.79. The lowest BCUT2D eigenvalue weighted by atomic mass is 10.2. The summed E-state index contributed by atoms with van der Waals surface area (Å²) in [5.74, 6) is 0. The molecule has 0 atom stereocenters. The minimum Gasteiger partial charge on any atom is -0.397 e. The lowest BCUT2D eigenvalue weighted by Gasteiger charge is -2.09. The molecule has 0 saturated heterocycles. The van der Waals surface area contributed by atoms with E-state index in [1.54, 1.807) is 6.07 Å². The van der Waals surface area contributed by atoms with Gasteiger partial charge in [0.1, 0.15) is 0 Å². The number of hydrogen-bond acceptors (Lipinski definition) is 4. The third kappa shape index (κ3) is 2.84. The Kier molecular flexibility index (Phi) is 3.88. The summed E-state index contributed by atoms with van der Waals surface area (Å²) >= 11 is 0. The number of aromatic amines is 2. The standard InChI is InChI=1S/C12H18N4O2/c1-2-18-5-3-4-14-9-7-11-10(6-8(9)13)15-12(17)16-11/h6-7,14H,2-5,13H2,1H3,(H2,15,16,17). The Hall–Kier alpha value is -1.95. The maximum Gasteiger partial charge on any atom is 0.323 e. The Balaban J connectivity index is 2.03. The first kappa shape index (κ1) is 12.5. The molecule has 6 heteroatoms. The maximum absolute atomic E-state index is 11.2. The van der Waals surface area contributed by atoms with E-state index in [0.717, 1.165) is 42.9 Å². The lowest BCUT2D eigenvalue weighted by Crippen LogP contribution is -2.07. The summed E-state index contributed by atoms with van der Waals surface area (Å²) in [6.45, 7) is 4.22. The number of H-pyrrole nitrogens is 2. The summed E-state index contributed by atoms with van der Waals surface area (Å²) in [7, 11) is 0. The van der Waals surface area contributed by atoms with Crippen LogP contribution in [0.15, 0.2) is 16.9 Å². The largest absolute Gasteiger partial charge is 0.397 e. The van der Waals surface area contributed by atoms with Gasteiger partial charge in [0.05, 0.1) is 22.4 Å². The summed E-state index contributed by atoms with van der Waals surface area (Å²) in [5, 5.41) is 3.23. The van der Waals surface area contributed by atoms with Crippen molar-refractivity contribution in [3.05, 3.63) is 22.6 Å². The lowest BCUT2D eigenvalue weighted by molar-refractivity contribution is 0.147. The quantitative estimate of drug-likeness (QED) is 0.458. The van der Waals surface area contributed by atoms with Gasteiger partial charge >= 0.3 is 5.69 Å². The van der Waals surface area contributed by atoms with Gasteiger partial charge in [0, 0.05) is 19.8 Å². The van der Waals surface area contributed by atoms with Crippen molar-refractivity contribution in [2.75, 3.05) is 30.8 Å². The zero-order chi connectivity index (χ0) is 13.0. The molecular formula is C12H18N4O2. The van der Waals surface area contributed by atoms with Gasteiger partial charge in [-0.15, -0.1) is 0 Å². The predicted octanol–water partition coefficient (Wildman–Crippen LogP) is 1.28. The SMILES string of the molecule is CCOCCCNc1cc2[nH]c(=O)[nH]c2cc1N. The highest BCUT2D eigenvalue weighted by atomic mass is 16.5. The number of imidazole rings is 1. The molecule has 1 aromatic heterocycles. The van der Waals surface area contributed by atoms with Crippen LogP contribution in [-0.2, 0) is 4.74 Å². The van der Waals surface area contributed by atoms with Gasteiger partial charge in [-0.25, -0.2) is 4.79 Å². The van der Waals surface area contributed by atoms with Crippen LogP contribution in [0.4, 0.5) is 11.4 Å². The number of nitrogen functional groups attached to an aromatic ring is 1. The molecule has 6 nitrogen and oxygen atoms in total. The van der Waals surface area contributed by atoms with Crippen LogP contribution in [0.5, 0.6) is 0 Å². The molecule has 1 heterocycles. The number of anilines is 2. The number of fused-ring (bicyclic) bond motifs is 1. The maximum atomic E-state index is 11.2. The summed E-state index contributed by atoms with van der Waals surface area (Å²) in [6, 6.07) is 3.58. The van der Waals surface area contributed by atoms with Crippen molar-refractivity contribution in [2.45, 2.75) is 13.3 Å². The molecule has 5 N–H and O–H groups in total.